The Hall–Kier alpha value is -3.77. The predicted molar refractivity (Wildman–Crippen MR) is 146 cm³/mol. The fourth-order valence-electron chi connectivity index (χ4n) is 4.48. The summed E-state index contributed by atoms with van der Waals surface area (Å²) in [7, 11) is 0. The van der Waals surface area contributed by atoms with E-state index < -0.39 is 6.04 Å². The third-order valence-electron chi connectivity index (χ3n) is 6.73. The van der Waals surface area contributed by atoms with Gasteiger partial charge in [-0.15, -0.1) is 0 Å². The average Bonchev–Trinajstić information content (AvgIpc) is 3.69. The van der Waals surface area contributed by atoms with E-state index in [9.17, 15) is 9.90 Å². The largest absolute Gasteiger partial charge is 0.493 e. The summed E-state index contributed by atoms with van der Waals surface area (Å²) < 4.78 is 11.9. The molecule has 6 heteroatoms. The number of carbonyl (C=O) groups is 1. The summed E-state index contributed by atoms with van der Waals surface area (Å²) in [5.74, 6) is 1.78. The fraction of sp³-hybridized carbons (Fsp3) is 0.323. The molecule has 0 unspecified atom stereocenters. The summed E-state index contributed by atoms with van der Waals surface area (Å²) in [4.78, 5) is 16.7. The first kappa shape index (κ1) is 24.9. The second-order valence-corrected chi connectivity index (χ2v) is 9.76. The van der Waals surface area contributed by atoms with E-state index in [0.29, 0.717) is 30.3 Å². The molecular formula is C31H34N2O4. The summed E-state index contributed by atoms with van der Waals surface area (Å²) in [5.41, 5.74) is 4.42. The molecule has 1 fully saturated rings. The maximum Gasteiger partial charge on any atom is 0.255 e. The van der Waals surface area contributed by atoms with E-state index in [2.05, 4.69) is 10.3 Å². The number of aromatic nitrogens is 1. The van der Waals surface area contributed by atoms with Gasteiger partial charge in [-0.05, 0) is 78.6 Å². The number of hydrogen-bond donors (Lipinski definition) is 3. The average molecular weight is 499 g/mol. The molecule has 5 rings (SSSR count). The van der Waals surface area contributed by atoms with E-state index in [0.717, 1.165) is 46.4 Å². The summed E-state index contributed by atoms with van der Waals surface area (Å²) >= 11 is 0. The first-order chi connectivity index (χ1) is 18.1. The lowest BCUT2D eigenvalue weighted by Gasteiger charge is -2.18. The van der Waals surface area contributed by atoms with Crippen molar-refractivity contribution >= 4 is 16.8 Å². The van der Waals surface area contributed by atoms with Gasteiger partial charge in [-0.1, -0.05) is 43.3 Å². The van der Waals surface area contributed by atoms with Crippen LogP contribution in [0.3, 0.4) is 0 Å². The quantitative estimate of drug-likeness (QED) is 0.232. The Labute approximate surface area is 217 Å². The van der Waals surface area contributed by atoms with Gasteiger partial charge in [-0.2, -0.15) is 0 Å². The van der Waals surface area contributed by atoms with Crippen molar-refractivity contribution in [2.75, 3.05) is 19.8 Å². The maximum atomic E-state index is 13.5. The number of hydrogen-bond acceptors (Lipinski definition) is 4. The number of amides is 1. The lowest BCUT2D eigenvalue weighted by Crippen LogP contribution is -2.39. The molecule has 0 spiro atoms. The Bertz CT molecular complexity index is 1360. The van der Waals surface area contributed by atoms with Crippen LogP contribution in [-0.4, -0.2) is 41.9 Å². The van der Waals surface area contributed by atoms with Crippen molar-refractivity contribution < 1.29 is 19.4 Å². The first-order valence-electron chi connectivity index (χ1n) is 13.1. The first-order valence-corrected chi connectivity index (χ1v) is 13.1. The molecule has 0 aliphatic heterocycles. The Morgan fingerprint density at radius 2 is 1.89 bits per heavy atom. The van der Waals surface area contributed by atoms with Crippen LogP contribution in [0, 0.1) is 5.92 Å². The van der Waals surface area contributed by atoms with E-state index in [1.807, 2.05) is 79.9 Å². The topological polar surface area (TPSA) is 83.6 Å². The molecule has 1 heterocycles. The number of carbonyl (C=O) groups excluding carboxylic acids is 1. The molecule has 192 valence electrons. The van der Waals surface area contributed by atoms with Crippen LogP contribution in [0.2, 0.25) is 0 Å². The van der Waals surface area contributed by atoms with E-state index in [4.69, 9.17) is 9.47 Å². The number of rotatable bonds is 12. The van der Waals surface area contributed by atoms with Gasteiger partial charge in [0.15, 0.2) is 0 Å². The van der Waals surface area contributed by atoms with Crippen molar-refractivity contribution in [2.45, 2.75) is 38.6 Å². The predicted octanol–water partition coefficient (Wildman–Crippen LogP) is 5.75. The number of para-hydroxylation sites is 1. The van der Waals surface area contributed by atoms with E-state index in [-0.39, 0.29) is 12.5 Å². The molecule has 37 heavy (non-hydrogen) atoms. The molecule has 4 aromatic rings. The third kappa shape index (κ3) is 6.15. The zero-order chi connectivity index (χ0) is 25.6. The molecule has 0 bridgehead atoms. The Kier molecular flexibility index (Phi) is 7.76. The minimum absolute atomic E-state index is 0.170. The molecule has 1 aliphatic rings. The number of ether oxygens (including phenoxy) is 2. The van der Waals surface area contributed by atoms with Gasteiger partial charge >= 0.3 is 0 Å². The molecule has 3 aromatic carbocycles. The highest BCUT2D eigenvalue weighted by atomic mass is 16.5. The zero-order valence-electron chi connectivity index (χ0n) is 21.2. The number of nitrogens with one attached hydrogen (secondary N) is 2. The monoisotopic (exact) mass is 498 g/mol. The minimum Gasteiger partial charge on any atom is -0.493 e. The number of H-pyrrole nitrogens is 1. The van der Waals surface area contributed by atoms with Crippen molar-refractivity contribution in [3.8, 4) is 22.6 Å². The molecule has 0 radical (unpaired) electrons. The Morgan fingerprint density at radius 1 is 1.05 bits per heavy atom. The smallest absolute Gasteiger partial charge is 0.255 e. The van der Waals surface area contributed by atoms with Gasteiger partial charge in [0.2, 0.25) is 0 Å². The van der Waals surface area contributed by atoms with Crippen molar-refractivity contribution in [3.05, 3.63) is 84.1 Å². The second-order valence-electron chi connectivity index (χ2n) is 9.76. The zero-order valence-corrected chi connectivity index (χ0v) is 21.2. The number of aromatic amines is 1. The molecule has 1 aromatic heterocycles. The fourth-order valence-corrected chi connectivity index (χ4v) is 4.48. The SMILES string of the molecule is CCCOc1ccc(-c2cccc(OCC3CC3)c2)cc1C(=O)N[C@H](CO)Cc1c[nH]c2ccccc12. The molecular weight excluding hydrogens is 464 g/mol. The standard InChI is InChI=1S/C31H34N2O4/c1-2-14-36-30-13-12-23(22-6-5-7-26(16-22)37-20-21-10-11-21)17-28(30)31(35)33-25(19-34)15-24-18-32-29-9-4-3-8-27(24)29/h3-9,12-13,16-18,21,25,32,34H,2,10-11,14-15,19-20H2,1H3,(H,33,35)/t25-/m0/s1. The molecule has 0 saturated heterocycles. The second kappa shape index (κ2) is 11.5. The summed E-state index contributed by atoms with van der Waals surface area (Å²) in [6.45, 7) is 3.13. The van der Waals surface area contributed by atoms with Crippen LogP contribution in [0.4, 0.5) is 0 Å². The highest BCUT2D eigenvalue weighted by Crippen LogP contribution is 2.32. The van der Waals surface area contributed by atoms with Gasteiger partial charge in [0.05, 0.1) is 31.4 Å². The van der Waals surface area contributed by atoms with Crippen molar-refractivity contribution in [1.29, 1.82) is 0 Å². The highest BCUT2D eigenvalue weighted by Gasteiger charge is 2.22. The van der Waals surface area contributed by atoms with Gasteiger partial charge in [0, 0.05) is 17.1 Å². The molecule has 6 nitrogen and oxygen atoms in total. The van der Waals surface area contributed by atoms with Gasteiger partial charge < -0.3 is 24.9 Å². The normalized spacial score (nSPS) is 13.9. The number of fused-ring (bicyclic) bond motifs is 1. The highest BCUT2D eigenvalue weighted by molar-refractivity contribution is 5.98. The van der Waals surface area contributed by atoms with Crippen molar-refractivity contribution in [2.24, 2.45) is 5.92 Å². The summed E-state index contributed by atoms with van der Waals surface area (Å²) in [5, 5.41) is 14.2. The third-order valence-corrected chi connectivity index (χ3v) is 6.73. The van der Waals surface area contributed by atoms with Gasteiger partial charge in [-0.3, -0.25) is 4.79 Å². The van der Waals surface area contributed by atoms with E-state index in [1.54, 1.807) is 0 Å². The lowest BCUT2D eigenvalue weighted by atomic mass is 10.0. The van der Waals surface area contributed by atoms with Crippen LogP contribution < -0.4 is 14.8 Å². The van der Waals surface area contributed by atoms with Gasteiger partial charge in [-0.25, -0.2) is 0 Å². The van der Waals surface area contributed by atoms with Gasteiger partial charge in [0.25, 0.3) is 5.91 Å². The molecule has 1 atom stereocenters. The van der Waals surface area contributed by atoms with Crippen LogP contribution in [0.25, 0.3) is 22.0 Å². The van der Waals surface area contributed by atoms with Crippen LogP contribution in [-0.2, 0) is 6.42 Å². The minimum atomic E-state index is -0.437. The van der Waals surface area contributed by atoms with E-state index >= 15 is 0 Å². The maximum absolute atomic E-state index is 13.5. The Balaban J connectivity index is 1.37. The van der Waals surface area contributed by atoms with Crippen molar-refractivity contribution in [1.82, 2.24) is 10.3 Å². The van der Waals surface area contributed by atoms with Crippen molar-refractivity contribution in [3.63, 3.8) is 0 Å². The number of benzene rings is 3. The van der Waals surface area contributed by atoms with Crippen LogP contribution in [0.5, 0.6) is 11.5 Å². The number of aliphatic hydroxyl groups excluding tert-OH is 1. The van der Waals surface area contributed by atoms with Crippen LogP contribution >= 0.6 is 0 Å². The van der Waals surface area contributed by atoms with E-state index in [1.165, 1.54) is 12.8 Å². The molecule has 1 amide bonds. The lowest BCUT2D eigenvalue weighted by molar-refractivity contribution is 0.0912. The summed E-state index contributed by atoms with van der Waals surface area (Å²) in [6.07, 6.45) is 5.77. The Morgan fingerprint density at radius 3 is 2.70 bits per heavy atom. The molecule has 1 aliphatic carbocycles. The molecule has 1 saturated carbocycles. The van der Waals surface area contributed by atoms with Crippen LogP contribution in [0.15, 0.2) is 72.9 Å². The summed E-state index contributed by atoms with van der Waals surface area (Å²) in [6, 6.07) is 21.2. The number of aliphatic hydroxyl groups is 1. The molecule has 3 N–H and O–H groups in total. The van der Waals surface area contributed by atoms with Gasteiger partial charge in [0.1, 0.15) is 11.5 Å². The van der Waals surface area contributed by atoms with Crippen LogP contribution in [0.1, 0.15) is 42.1 Å².